The van der Waals surface area contributed by atoms with Crippen LogP contribution in [0, 0.1) is 0 Å². The van der Waals surface area contributed by atoms with Crippen molar-refractivity contribution in [1.29, 1.82) is 0 Å². The maximum atomic E-state index is 3.67. The zero-order valence-electron chi connectivity index (χ0n) is 26.8. The summed E-state index contributed by atoms with van der Waals surface area (Å²) in [6.07, 6.45) is 17.0. The molecule has 0 amide bonds. The van der Waals surface area contributed by atoms with Gasteiger partial charge < -0.3 is 0 Å². The summed E-state index contributed by atoms with van der Waals surface area (Å²) < 4.78 is 2.43. The highest BCUT2D eigenvalue weighted by Gasteiger charge is 2.16. The minimum Gasteiger partial charge on any atom is -0.134 e. The van der Waals surface area contributed by atoms with E-state index in [9.17, 15) is 0 Å². The second kappa shape index (κ2) is 18.2. The van der Waals surface area contributed by atoms with Gasteiger partial charge in [-0.3, -0.25) is 0 Å². The summed E-state index contributed by atoms with van der Waals surface area (Å²) in [5, 5.41) is 0. The Hall–Kier alpha value is -1.50. The highest BCUT2D eigenvalue weighted by atomic mass is 79.9. The normalized spacial score (nSPS) is 12.2. The van der Waals surface area contributed by atoms with Crippen LogP contribution < -0.4 is 0 Å². The first-order valence-corrected chi connectivity index (χ1v) is 20.9. The summed E-state index contributed by atoms with van der Waals surface area (Å²) in [7, 11) is 0. The highest BCUT2D eigenvalue weighted by Crippen LogP contribution is 2.45. The predicted octanol–water partition coefficient (Wildman–Crippen LogP) is 15.6. The van der Waals surface area contributed by atoms with Gasteiger partial charge in [0.05, 0.1) is 7.57 Å². The van der Waals surface area contributed by atoms with Crippen LogP contribution in [-0.2, 0) is 12.8 Å². The Labute approximate surface area is 300 Å². The van der Waals surface area contributed by atoms with Crippen molar-refractivity contribution in [2.45, 2.75) is 103 Å². The lowest BCUT2D eigenvalue weighted by atomic mass is 9.97. The van der Waals surface area contributed by atoms with E-state index in [0.29, 0.717) is 5.92 Å². The van der Waals surface area contributed by atoms with E-state index in [4.69, 9.17) is 0 Å². The Morgan fingerprint density at radius 1 is 0.556 bits per heavy atom. The van der Waals surface area contributed by atoms with Crippen molar-refractivity contribution >= 4 is 65.9 Å². The Balaban J connectivity index is 1.19. The van der Waals surface area contributed by atoms with Gasteiger partial charge in [0.15, 0.2) is 0 Å². The summed E-state index contributed by atoms with van der Waals surface area (Å²) >= 11 is 12.9. The van der Waals surface area contributed by atoms with Crippen LogP contribution in [0.3, 0.4) is 0 Å². The van der Waals surface area contributed by atoms with Crippen molar-refractivity contribution in [1.82, 2.24) is 0 Å². The SMILES string of the molecule is CCCCCCCCc1ccc(-c2cc(-c3ccc(Br)s3)sc2-c2ccc(CCCCCCC(C)c3ccc(Br)s3)cc2)cc1. The Kier molecular flexibility index (Phi) is 14.0. The average molecular weight is 783 g/mol. The number of halogens is 2. The van der Waals surface area contributed by atoms with Gasteiger partial charge in [-0.15, -0.1) is 34.0 Å². The van der Waals surface area contributed by atoms with Crippen molar-refractivity contribution < 1.29 is 0 Å². The standard InChI is InChI=1S/C40H46Br2S3/c1-3-4-5-6-7-11-14-30-16-20-32(21-17-30)34-28-37(36-25-27-39(42)44-36)45-40(34)33-22-18-31(19-23-33)15-12-9-8-10-13-29(2)35-24-26-38(41)43-35/h16-29H,3-15H2,1-2H3. The van der Waals surface area contributed by atoms with Gasteiger partial charge in [0.1, 0.15) is 0 Å². The quantitative estimate of drug-likeness (QED) is 0.0777. The predicted molar refractivity (Wildman–Crippen MR) is 211 cm³/mol. The molecule has 238 valence electrons. The summed E-state index contributed by atoms with van der Waals surface area (Å²) in [5.41, 5.74) is 6.91. The third kappa shape index (κ3) is 10.5. The first kappa shape index (κ1) is 34.8. The molecule has 0 aliphatic heterocycles. The molecule has 5 heteroatoms. The Morgan fingerprint density at radius 2 is 1.13 bits per heavy atom. The molecule has 0 radical (unpaired) electrons. The smallest absolute Gasteiger partial charge is 0.0705 e. The van der Waals surface area contributed by atoms with Gasteiger partial charge in [-0.1, -0.05) is 114 Å². The van der Waals surface area contributed by atoms with Gasteiger partial charge in [0, 0.05) is 25.1 Å². The van der Waals surface area contributed by atoms with Crippen LogP contribution in [-0.4, -0.2) is 0 Å². The Morgan fingerprint density at radius 3 is 1.73 bits per heavy atom. The summed E-state index contributed by atoms with van der Waals surface area (Å²) in [5.74, 6) is 0.667. The maximum absolute atomic E-state index is 3.67. The average Bonchev–Trinajstić information content (AvgIpc) is 3.81. The van der Waals surface area contributed by atoms with E-state index in [2.05, 4.69) is 125 Å². The van der Waals surface area contributed by atoms with E-state index in [1.165, 1.54) is 138 Å². The molecule has 5 aromatic rings. The van der Waals surface area contributed by atoms with Crippen molar-refractivity contribution in [2.24, 2.45) is 0 Å². The molecule has 0 fully saturated rings. The number of unbranched alkanes of at least 4 members (excludes halogenated alkanes) is 8. The van der Waals surface area contributed by atoms with Crippen molar-refractivity contribution in [3.63, 3.8) is 0 Å². The first-order chi connectivity index (χ1) is 22.0. The molecule has 3 aromatic heterocycles. The van der Waals surface area contributed by atoms with Crippen LogP contribution >= 0.6 is 65.9 Å². The van der Waals surface area contributed by atoms with Gasteiger partial charge in [-0.2, -0.15) is 0 Å². The van der Waals surface area contributed by atoms with Gasteiger partial charge in [-0.25, -0.2) is 0 Å². The number of thiophene rings is 3. The fourth-order valence-electron chi connectivity index (χ4n) is 6.04. The number of hydrogen-bond donors (Lipinski definition) is 0. The molecule has 1 atom stereocenters. The van der Waals surface area contributed by atoms with Crippen molar-refractivity contribution in [3.05, 3.63) is 102 Å². The summed E-state index contributed by atoms with van der Waals surface area (Å²) in [6, 6.07) is 30.1. The molecule has 1 unspecified atom stereocenters. The molecule has 0 spiro atoms. The van der Waals surface area contributed by atoms with Crippen LogP contribution in [0.25, 0.3) is 31.3 Å². The molecule has 0 aliphatic carbocycles. The van der Waals surface area contributed by atoms with Gasteiger partial charge in [0.25, 0.3) is 0 Å². The van der Waals surface area contributed by atoms with E-state index in [0.717, 1.165) is 0 Å². The second-order valence-electron chi connectivity index (χ2n) is 12.4. The topological polar surface area (TPSA) is 0 Å². The molecule has 0 N–H and O–H groups in total. The van der Waals surface area contributed by atoms with Gasteiger partial charge in [0.2, 0.25) is 0 Å². The monoisotopic (exact) mass is 780 g/mol. The fourth-order valence-corrected chi connectivity index (χ4v) is 10.2. The van der Waals surface area contributed by atoms with Gasteiger partial charge in [-0.05, 0) is 122 Å². The molecule has 0 bridgehead atoms. The summed E-state index contributed by atoms with van der Waals surface area (Å²) in [6.45, 7) is 4.66. The summed E-state index contributed by atoms with van der Waals surface area (Å²) in [4.78, 5) is 5.55. The molecule has 2 aromatic carbocycles. The third-order valence-corrected chi connectivity index (χ3v) is 13.6. The van der Waals surface area contributed by atoms with E-state index in [1.54, 1.807) is 0 Å². The molecule has 0 saturated heterocycles. The second-order valence-corrected chi connectivity index (χ2v) is 18.4. The number of benzene rings is 2. The van der Waals surface area contributed by atoms with Crippen molar-refractivity contribution in [3.8, 4) is 31.3 Å². The molecule has 0 aliphatic rings. The lowest BCUT2D eigenvalue weighted by Gasteiger charge is -2.09. The van der Waals surface area contributed by atoms with Gasteiger partial charge >= 0.3 is 0 Å². The van der Waals surface area contributed by atoms with E-state index < -0.39 is 0 Å². The number of hydrogen-bond acceptors (Lipinski definition) is 3. The molecule has 0 saturated carbocycles. The highest BCUT2D eigenvalue weighted by molar-refractivity contribution is 9.11. The van der Waals surface area contributed by atoms with Crippen LogP contribution in [0.1, 0.15) is 106 Å². The zero-order valence-corrected chi connectivity index (χ0v) is 32.4. The van der Waals surface area contributed by atoms with Crippen LogP contribution in [0.15, 0.2) is 86.4 Å². The number of rotatable bonds is 18. The Bertz CT molecular complexity index is 1570. The van der Waals surface area contributed by atoms with E-state index >= 15 is 0 Å². The van der Waals surface area contributed by atoms with E-state index in [1.807, 2.05) is 34.0 Å². The van der Waals surface area contributed by atoms with Crippen LogP contribution in [0.2, 0.25) is 0 Å². The molecule has 5 rings (SSSR count). The first-order valence-electron chi connectivity index (χ1n) is 16.8. The molecule has 45 heavy (non-hydrogen) atoms. The zero-order chi connectivity index (χ0) is 31.4. The molecule has 0 nitrogen and oxygen atoms in total. The maximum Gasteiger partial charge on any atom is 0.0705 e. The largest absolute Gasteiger partial charge is 0.134 e. The lowest BCUT2D eigenvalue weighted by molar-refractivity contribution is 0.574. The van der Waals surface area contributed by atoms with Crippen molar-refractivity contribution in [2.75, 3.05) is 0 Å². The fraction of sp³-hybridized carbons (Fsp3) is 0.400. The molecular formula is C40H46Br2S3. The minimum absolute atomic E-state index is 0.667. The number of aryl methyl sites for hydroxylation is 2. The van der Waals surface area contributed by atoms with Crippen LogP contribution in [0.5, 0.6) is 0 Å². The van der Waals surface area contributed by atoms with Crippen LogP contribution in [0.4, 0.5) is 0 Å². The third-order valence-electron chi connectivity index (χ3n) is 8.78. The van der Waals surface area contributed by atoms with E-state index in [-0.39, 0.29) is 0 Å². The minimum atomic E-state index is 0.667. The molecular weight excluding hydrogens is 736 g/mol. The molecule has 3 heterocycles. The lowest BCUT2D eigenvalue weighted by Crippen LogP contribution is -1.91.